The molecule has 1 aromatic carbocycles. The number of nitrogens with zero attached hydrogens (tertiary/aromatic N) is 1. The smallest absolute Gasteiger partial charge is 0.161 e. The number of ether oxygens (including phenoxy) is 2. The van der Waals surface area contributed by atoms with Crippen molar-refractivity contribution in [2.45, 2.75) is 70.9 Å². The first-order valence-electron chi connectivity index (χ1n) is 10.7. The molecule has 2 aliphatic rings. The van der Waals surface area contributed by atoms with Gasteiger partial charge in [0.25, 0.3) is 0 Å². The Kier molecular flexibility index (Phi) is 6.37. The van der Waals surface area contributed by atoms with Crippen LogP contribution in [0.2, 0.25) is 0 Å². The van der Waals surface area contributed by atoms with Crippen LogP contribution in [0.5, 0.6) is 11.5 Å². The molecule has 0 radical (unpaired) electrons. The Morgan fingerprint density at radius 2 is 1.81 bits per heavy atom. The van der Waals surface area contributed by atoms with Gasteiger partial charge in [-0.1, -0.05) is 33.6 Å². The molecule has 1 N–H and O–H groups in total. The number of piperidine rings is 1. The van der Waals surface area contributed by atoms with Gasteiger partial charge in [-0.05, 0) is 54.9 Å². The van der Waals surface area contributed by atoms with E-state index in [2.05, 4.69) is 37.8 Å². The molecule has 0 bridgehead atoms. The molecule has 1 fully saturated rings. The van der Waals surface area contributed by atoms with Crippen LogP contribution in [-0.4, -0.2) is 42.9 Å². The van der Waals surface area contributed by atoms with Gasteiger partial charge in [0, 0.05) is 25.0 Å². The lowest BCUT2D eigenvalue weighted by Crippen LogP contribution is -2.55. The van der Waals surface area contributed by atoms with Crippen LogP contribution in [0.1, 0.15) is 70.0 Å². The molecule has 3 rings (SSSR count). The maximum atomic E-state index is 11.6. The van der Waals surface area contributed by atoms with Gasteiger partial charge < -0.3 is 14.6 Å². The summed E-state index contributed by atoms with van der Waals surface area (Å²) in [4.78, 5) is 2.60. The molecule has 152 valence electrons. The van der Waals surface area contributed by atoms with Crippen LogP contribution in [0, 0.1) is 11.8 Å². The highest BCUT2D eigenvalue weighted by Crippen LogP contribution is 2.48. The monoisotopic (exact) mass is 375 g/mol. The lowest BCUT2D eigenvalue weighted by Gasteiger charge is -2.52. The van der Waals surface area contributed by atoms with E-state index in [0.717, 1.165) is 50.3 Å². The quantitative estimate of drug-likeness (QED) is 0.757. The maximum absolute atomic E-state index is 11.6. The summed E-state index contributed by atoms with van der Waals surface area (Å²) in [5.74, 6) is 2.67. The second kappa shape index (κ2) is 8.40. The van der Waals surface area contributed by atoms with E-state index in [0.29, 0.717) is 11.8 Å². The SMILES string of the molecule is CCC(CC)CC1CN2CCc3cc(OC)c(OC)cc3C2CC1(O)CC. The Labute approximate surface area is 164 Å². The minimum Gasteiger partial charge on any atom is -0.493 e. The Balaban J connectivity index is 1.90. The highest BCUT2D eigenvalue weighted by molar-refractivity contribution is 5.49. The molecule has 0 saturated carbocycles. The maximum Gasteiger partial charge on any atom is 0.161 e. The van der Waals surface area contributed by atoms with Gasteiger partial charge in [0.1, 0.15) is 0 Å². The molecule has 0 aliphatic carbocycles. The van der Waals surface area contributed by atoms with E-state index < -0.39 is 5.60 Å². The molecule has 27 heavy (non-hydrogen) atoms. The summed E-state index contributed by atoms with van der Waals surface area (Å²) < 4.78 is 11.1. The molecule has 1 saturated heterocycles. The third kappa shape index (κ3) is 3.84. The Morgan fingerprint density at radius 1 is 1.15 bits per heavy atom. The molecule has 0 spiro atoms. The summed E-state index contributed by atoms with van der Waals surface area (Å²) in [6, 6.07) is 4.55. The fourth-order valence-corrected chi connectivity index (χ4v) is 5.24. The Bertz CT molecular complexity index is 643. The summed E-state index contributed by atoms with van der Waals surface area (Å²) in [5, 5.41) is 11.6. The van der Waals surface area contributed by atoms with Crippen molar-refractivity contribution < 1.29 is 14.6 Å². The number of aliphatic hydroxyl groups is 1. The van der Waals surface area contributed by atoms with Crippen LogP contribution in [0.15, 0.2) is 12.1 Å². The van der Waals surface area contributed by atoms with Gasteiger partial charge in [-0.15, -0.1) is 0 Å². The number of hydrogen-bond donors (Lipinski definition) is 1. The normalized spacial score (nSPS) is 28.0. The van der Waals surface area contributed by atoms with Crippen LogP contribution in [0.4, 0.5) is 0 Å². The first-order valence-corrected chi connectivity index (χ1v) is 10.7. The summed E-state index contributed by atoms with van der Waals surface area (Å²) in [6.07, 6.45) is 6.22. The average molecular weight is 376 g/mol. The molecule has 0 amide bonds. The van der Waals surface area contributed by atoms with E-state index in [1.165, 1.54) is 24.0 Å². The second-order valence-electron chi connectivity index (χ2n) is 8.44. The van der Waals surface area contributed by atoms with Crippen LogP contribution in [-0.2, 0) is 6.42 Å². The molecule has 4 heteroatoms. The van der Waals surface area contributed by atoms with Crippen molar-refractivity contribution >= 4 is 0 Å². The highest BCUT2D eigenvalue weighted by atomic mass is 16.5. The molecular weight excluding hydrogens is 338 g/mol. The minimum atomic E-state index is -0.578. The van der Waals surface area contributed by atoms with E-state index in [4.69, 9.17) is 9.47 Å². The predicted molar refractivity (Wildman–Crippen MR) is 110 cm³/mol. The number of fused-ring (bicyclic) bond motifs is 3. The van der Waals surface area contributed by atoms with E-state index in [1.807, 2.05) is 0 Å². The summed E-state index contributed by atoms with van der Waals surface area (Å²) in [7, 11) is 3.39. The van der Waals surface area contributed by atoms with Crippen molar-refractivity contribution in [1.82, 2.24) is 4.90 Å². The Morgan fingerprint density at radius 3 is 2.41 bits per heavy atom. The second-order valence-corrected chi connectivity index (χ2v) is 8.44. The van der Waals surface area contributed by atoms with Crippen molar-refractivity contribution in [3.63, 3.8) is 0 Å². The number of methoxy groups -OCH3 is 2. The summed E-state index contributed by atoms with van der Waals surface area (Å²) >= 11 is 0. The van der Waals surface area contributed by atoms with E-state index in [9.17, 15) is 5.11 Å². The molecule has 1 aromatic rings. The summed E-state index contributed by atoms with van der Waals surface area (Å²) in [5.41, 5.74) is 2.07. The molecule has 0 aromatic heterocycles. The zero-order chi connectivity index (χ0) is 19.6. The average Bonchev–Trinajstić information content (AvgIpc) is 2.71. The topological polar surface area (TPSA) is 41.9 Å². The third-order valence-electron chi connectivity index (χ3n) is 7.26. The van der Waals surface area contributed by atoms with Crippen molar-refractivity contribution in [2.75, 3.05) is 27.3 Å². The largest absolute Gasteiger partial charge is 0.493 e. The van der Waals surface area contributed by atoms with Crippen LogP contribution in [0.25, 0.3) is 0 Å². The first kappa shape index (κ1) is 20.5. The number of rotatable bonds is 7. The molecular formula is C23H37NO3. The van der Waals surface area contributed by atoms with E-state index >= 15 is 0 Å². The van der Waals surface area contributed by atoms with E-state index in [1.54, 1.807) is 14.2 Å². The van der Waals surface area contributed by atoms with Gasteiger partial charge in [-0.25, -0.2) is 0 Å². The highest BCUT2D eigenvalue weighted by Gasteiger charge is 2.46. The van der Waals surface area contributed by atoms with Crippen LogP contribution < -0.4 is 9.47 Å². The molecule has 2 heterocycles. The van der Waals surface area contributed by atoms with Gasteiger partial charge in [0.15, 0.2) is 11.5 Å². The van der Waals surface area contributed by atoms with Gasteiger partial charge in [0.05, 0.1) is 19.8 Å². The van der Waals surface area contributed by atoms with Crippen LogP contribution >= 0.6 is 0 Å². The van der Waals surface area contributed by atoms with Crippen molar-refractivity contribution in [3.8, 4) is 11.5 Å². The van der Waals surface area contributed by atoms with Crippen molar-refractivity contribution in [1.29, 1.82) is 0 Å². The fourth-order valence-electron chi connectivity index (χ4n) is 5.24. The molecule has 2 aliphatic heterocycles. The zero-order valence-corrected chi connectivity index (χ0v) is 17.8. The lowest BCUT2D eigenvalue weighted by molar-refractivity contribution is -0.107. The minimum absolute atomic E-state index is 0.274. The standard InChI is InChI=1S/C23H37NO3/c1-6-16(7-2)11-18-15-24-10-9-17-12-21(26-4)22(27-5)13-19(17)20(24)14-23(18,25)8-3/h12-13,16,18,20,25H,6-11,14-15H2,1-5H3. The molecule has 3 unspecified atom stereocenters. The third-order valence-corrected chi connectivity index (χ3v) is 7.26. The van der Waals surface area contributed by atoms with Gasteiger partial charge in [0.2, 0.25) is 0 Å². The number of hydrogen-bond acceptors (Lipinski definition) is 4. The van der Waals surface area contributed by atoms with Crippen LogP contribution in [0.3, 0.4) is 0 Å². The van der Waals surface area contributed by atoms with Gasteiger partial charge >= 0.3 is 0 Å². The Hall–Kier alpha value is -1.26. The van der Waals surface area contributed by atoms with Crippen molar-refractivity contribution in [2.24, 2.45) is 11.8 Å². The lowest BCUT2D eigenvalue weighted by atomic mass is 9.69. The van der Waals surface area contributed by atoms with E-state index in [-0.39, 0.29) is 6.04 Å². The van der Waals surface area contributed by atoms with Gasteiger partial charge in [-0.3, -0.25) is 4.90 Å². The predicted octanol–water partition coefficient (Wildman–Crippen LogP) is 4.59. The summed E-state index contributed by atoms with van der Waals surface area (Å²) in [6.45, 7) is 8.77. The molecule has 3 atom stereocenters. The first-order chi connectivity index (χ1) is 13.0. The fraction of sp³-hybridized carbons (Fsp3) is 0.739. The van der Waals surface area contributed by atoms with Crippen molar-refractivity contribution in [3.05, 3.63) is 23.3 Å². The van der Waals surface area contributed by atoms with Gasteiger partial charge in [-0.2, -0.15) is 0 Å². The molecule has 4 nitrogen and oxygen atoms in total. The zero-order valence-electron chi connectivity index (χ0n) is 17.8. The number of benzene rings is 1.